The lowest BCUT2D eigenvalue weighted by molar-refractivity contribution is -0.203. The van der Waals surface area contributed by atoms with Crippen LogP contribution in [-0.4, -0.2) is 48.8 Å². The quantitative estimate of drug-likeness (QED) is 0.661. The molecule has 1 spiro atoms. The molecular formula is C25H37NO3. The molecule has 3 fully saturated rings. The Labute approximate surface area is 175 Å². The van der Waals surface area contributed by atoms with E-state index in [9.17, 15) is 4.79 Å². The monoisotopic (exact) mass is 399 g/mol. The van der Waals surface area contributed by atoms with Gasteiger partial charge in [-0.05, 0) is 49.1 Å². The van der Waals surface area contributed by atoms with Crippen LogP contribution in [0.3, 0.4) is 0 Å². The molecule has 1 aliphatic carbocycles. The van der Waals surface area contributed by atoms with E-state index in [4.69, 9.17) is 9.47 Å². The van der Waals surface area contributed by atoms with E-state index in [0.717, 1.165) is 58.4 Å². The number of piperidine rings is 1. The second-order valence-electron chi connectivity index (χ2n) is 9.53. The topological polar surface area (TPSA) is 38.8 Å². The van der Waals surface area contributed by atoms with Gasteiger partial charge in [-0.3, -0.25) is 9.69 Å². The first-order chi connectivity index (χ1) is 14.1. The molecule has 4 atom stereocenters. The molecule has 2 aliphatic heterocycles. The van der Waals surface area contributed by atoms with Crippen molar-refractivity contribution in [2.75, 3.05) is 26.3 Å². The number of hydrogen-bond acceptors (Lipinski definition) is 4. The molecule has 3 aliphatic rings. The Morgan fingerprint density at radius 1 is 1.24 bits per heavy atom. The van der Waals surface area contributed by atoms with Crippen LogP contribution in [0.2, 0.25) is 0 Å². The van der Waals surface area contributed by atoms with E-state index in [-0.39, 0.29) is 5.79 Å². The van der Waals surface area contributed by atoms with Crippen LogP contribution >= 0.6 is 0 Å². The molecule has 2 heterocycles. The van der Waals surface area contributed by atoms with Crippen LogP contribution in [0.25, 0.3) is 0 Å². The Morgan fingerprint density at radius 3 is 2.72 bits per heavy atom. The minimum absolute atomic E-state index is 0.296. The van der Waals surface area contributed by atoms with Crippen molar-refractivity contribution in [1.29, 1.82) is 0 Å². The van der Waals surface area contributed by atoms with Gasteiger partial charge in [0.15, 0.2) is 5.79 Å². The van der Waals surface area contributed by atoms with E-state index < -0.39 is 0 Å². The number of carbonyl (C=O) groups excluding carboxylic acids is 1. The molecule has 4 rings (SSSR count). The third-order valence-electron chi connectivity index (χ3n) is 7.28. The van der Waals surface area contributed by atoms with Gasteiger partial charge in [0.2, 0.25) is 0 Å². The molecule has 2 saturated heterocycles. The summed E-state index contributed by atoms with van der Waals surface area (Å²) in [5, 5.41) is 0. The lowest BCUT2D eigenvalue weighted by Crippen LogP contribution is -2.55. The van der Waals surface area contributed by atoms with Crippen molar-refractivity contribution < 1.29 is 14.3 Å². The number of benzene rings is 1. The highest BCUT2D eigenvalue weighted by atomic mass is 16.7. The Morgan fingerprint density at radius 2 is 2.00 bits per heavy atom. The zero-order valence-corrected chi connectivity index (χ0v) is 18.1. The lowest BCUT2D eigenvalue weighted by atomic mass is 9.71. The molecule has 1 saturated carbocycles. The number of Topliss-reactive ketones (excluding diaryl/α,β-unsaturated/α-hetero) is 1. The molecule has 0 amide bonds. The average Bonchev–Trinajstić information content (AvgIpc) is 3.16. The molecule has 0 aromatic heterocycles. The molecular weight excluding hydrogens is 362 g/mol. The summed E-state index contributed by atoms with van der Waals surface area (Å²) in [6.07, 6.45) is 6.87. The standard InChI is InChI=1S/C25H37NO3/c1-3-11-26-18-20(16-23(27)14-19(2)21-7-5-4-6-8-21)15-22-17-25(10-9-24(22)26)28-12-13-29-25/h4-8,19-20,22,24H,3,9-18H2,1-2H3/t19-,20-,22-,24-/m1/s1. The van der Waals surface area contributed by atoms with Crippen LogP contribution in [0.15, 0.2) is 30.3 Å². The summed E-state index contributed by atoms with van der Waals surface area (Å²) in [4.78, 5) is 15.6. The number of rotatable bonds is 7. The molecule has 0 unspecified atom stereocenters. The summed E-state index contributed by atoms with van der Waals surface area (Å²) in [6.45, 7) is 8.12. The third-order valence-corrected chi connectivity index (χ3v) is 7.28. The number of carbonyl (C=O) groups is 1. The van der Waals surface area contributed by atoms with Gasteiger partial charge in [0.05, 0.1) is 13.2 Å². The molecule has 4 nitrogen and oxygen atoms in total. The molecule has 4 heteroatoms. The average molecular weight is 400 g/mol. The molecule has 0 N–H and O–H groups in total. The summed E-state index contributed by atoms with van der Waals surface area (Å²) in [5.74, 6) is 1.44. The fraction of sp³-hybridized carbons (Fsp3) is 0.720. The minimum atomic E-state index is -0.327. The second-order valence-corrected chi connectivity index (χ2v) is 9.53. The van der Waals surface area contributed by atoms with E-state index in [2.05, 4.69) is 43.0 Å². The normalized spacial score (nSPS) is 30.2. The molecule has 1 aromatic carbocycles. The maximum absolute atomic E-state index is 12.9. The zero-order valence-electron chi connectivity index (χ0n) is 18.1. The fourth-order valence-corrected chi connectivity index (χ4v) is 6.03. The minimum Gasteiger partial charge on any atom is -0.348 e. The Balaban J connectivity index is 1.37. The highest BCUT2D eigenvalue weighted by Gasteiger charge is 2.48. The molecule has 29 heavy (non-hydrogen) atoms. The summed E-state index contributed by atoms with van der Waals surface area (Å²) in [7, 11) is 0. The van der Waals surface area contributed by atoms with E-state index in [1.54, 1.807) is 0 Å². The predicted octanol–water partition coefficient (Wildman–Crippen LogP) is 4.78. The van der Waals surface area contributed by atoms with Crippen molar-refractivity contribution in [3.8, 4) is 0 Å². The van der Waals surface area contributed by atoms with Crippen LogP contribution in [0.4, 0.5) is 0 Å². The molecule has 0 radical (unpaired) electrons. The van der Waals surface area contributed by atoms with Crippen molar-refractivity contribution >= 4 is 5.78 Å². The Kier molecular flexibility index (Phi) is 6.73. The number of ether oxygens (including phenoxy) is 2. The van der Waals surface area contributed by atoms with Gasteiger partial charge in [0.25, 0.3) is 0 Å². The summed E-state index contributed by atoms with van der Waals surface area (Å²) < 4.78 is 12.1. The largest absolute Gasteiger partial charge is 0.348 e. The van der Waals surface area contributed by atoms with E-state index in [1.807, 2.05) is 6.07 Å². The van der Waals surface area contributed by atoms with E-state index >= 15 is 0 Å². The zero-order chi connectivity index (χ0) is 20.3. The second kappa shape index (κ2) is 9.28. The number of fused-ring (bicyclic) bond motifs is 1. The van der Waals surface area contributed by atoms with Crippen LogP contribution in [0.1, 0.15) is 70.3 Å². The lowest BCUT2D eigenvalue weighted by Gasteiger charge is -2.50. The van der Waals surface area contributed by atoms with Gasteiger partial charge in [-0.25, -0.2) is 0 Å². The summed E-state index contributed by atoms with van der Waals surface area (Å²) in [6, 6.07) is 11.1. The maximum Gasteiger partial charge on any atom is 0.168 e. The third kappa shape index (κ3) is 4.92. The first-order valence-electron chi connectivity index (χ1n) is 11.7. The van der Waals surface area contributed by atoms with Crippen LogP contribution in [-0.2, 0) is 14.3 Å². The van der Waals surface area contributed by atoms with Crippen molar-refractivity contribution in [2.45, 2.75) is 76.5 Å². The fourth-order valence-electron chi connectivity index (χ4n) is 6.03. The number of ketones is 1. The number of nitrogens with zero attached hydrogens (tertiary/aromatic N) is 1. The van der Waals surface area contributed by atoms with Gasteiger partial charge in [0.1, 0.15) is 5.78 Å². The molecule has 1 aromatic rings. The first-order valence-corrected chi connectivity index (χ1v) is 11.7. The van der Waals surface area contributed by atoms with Crippen molar-refractivity contribution in [3.05, 3.63) is 35.9 Å². The van der Waals surface area contributed by atoms with Gasteiger partial charge < -0.3 is 9.47 Å². The van der Waals surface area contributed by atoms with Crippen LogP contribution < -0.4 is 0 Å². The van der Waals surface area contributed by atoms with Crippen molar-refractivity contribution in [1.82, 2.24) is 4.90 Å². The Bertz CT molecular complexity index is 670. The summed E-state index contributed by atoms with van der Waals surface area (Å²) in [5.41, 5.74) is 1.27. The highest BCUT2D eigenvalue weighted by molar-refractivity contribution is 5.79. The first kappa shape index (κ1) is 21.0. The molecule has 160 valence electrons. The van der Waals surface area contributed by atoms with E-state index in [0.29, 0.717) is 36.0 Å². The van der Waals surface area contributed by atoms with E-state index in [1.165, 1.54) is 12.0 Å². The van der Waals surface area contributed by atoms with Gasteiger partial charge in [-0.2, -0.15) is 0 Å². The van der Waals surface area contributed by atoms with Crippen molar-refractivity contribution in [2.24, 2.45) is 11.8 Å². The van der Waals surface area contributed by atoms with Crippen LogP contribution in [0.5, 0.6) is 0 Å². The van der Waals surface area contributed by atoms with Crippen molar-refractivity contribution in [3.63, 3.8) is 0 Å². The van der Waals surface area contributed by atoms with Crippen LogP contribution in [0, 0.1) is 11.8 Å². The highest BCUT2D eigenvalue weighted by Crippen LogP contribution is 2.45. The maximum atomic E-state index is 12.9. The predicted molar refractivity (Wildman–Crippen MR) is 115 cm³/mol. The van der Waals surface area contributed by atoms with Gasteiger partial charge >= 0.3 is 0 Å². The van der Waals surface area contributed by atoms with Gasteiger partial charge in [-0.15, -0.1) is 0 Å². The number of hydrogen-bond donors (Lipinski definition) is 0. The Hall–Kier alpha value is -1.23. The SMILES string of the molecule is CCCN1C[C@@H](CC(=O)C[C@@H](C)c2ccccc2)C[C@@H]2CC3(CC[C@H]21)OCCO3. The summed E-state index contributed by atoms with van der Waals surface area (Å²) >= 11 is 0. The van der Waals surface area contributed by atoms with Gasteiger partial charge in [0, 0.05) is 38.3 Å². The smallest absolute Gasteiger partial charge is 0.168 e. The number of likely N-dealkylation sites (tertiary alicyclic amines) is 1. The van der Waals surface area contributed by atoms with Gasteiger partial charge in [-0.1, -0.05) is 44.2 Å². The molecule has 0 bridgehead atoms.